The number of amides is 3. The van der Waals surface area contributed by atoms with E-state index >= 15 is 4.79 Å². The van der Waals surface area contributed by atoms with E-state index in [-0.39, 0.29) is 30.5 Å². The van der Waals surface area contributed by atoms with Gasteiger partial charge in [0.05, 0.1) is 6.04 Å². The van der Waals surface area contributed by atoms with Crippen LogP contribution in [0.15, 0.2) is 24.3 Å². The number of piperazine rings is 1. The normalized spacial score (nSPS) is 24.5. The molecule has 2 unspecified atom stereocenters. The summed E-state index contributed by atoms with van der Waals surface area (Å²) >= 11 is 0. The van der Waals surface area contributed by atoms with E-state index in [0.717, 1.165) is 31.4 Å². The highest BCUT2D eigenvalue weighted by Crippen LogP contribution is 2.50. The van der Waals surface area contributed by atoms with Crippen LogP contribution < -0.4 is 10.6 Å². The van der Waals surface area contributed by atoms with Crippen molar-refractivity contribution in [3.63, 3.8) is 0 Å². The predicted octanol–water partition coefficient (Wildman–Crippen LogP) is 8.51. The fourth-order valence-corrected chi connectivity index (χ4v) is 7.43. The van der Waals surface area contributed by atoms with E-state index in [1.165, 1.54) is 5.56 Å². The predicted molar refractivity (Wildman–Crippen MR) is 194 cm³/mol. The van der Waals surface area contributed by atoms with Crippen molar-refractivity contribution in [3.8, 4) is 0 Å². The molecular weight excluding hydrogens is 604 g/mol. The van der Waals surface area contributed by atoms with Crippen LogP contribution in [-0.2, 0) is 19.7 Å². The lowest BCUT2D eigenvalue weighted by molar-refractivity contribution is -0.168. The summed E-state index contributed by atoms with van der Waals surface area (Å²) in [6.07, 6.45) is 2.34. The molecule has 0 bridgehead atoms. The van der Waals surface area contributed by atoms with Crippen LogP contribution in [0.4, 0.5) is 15.3 Å². The summed E-state index contributed by atoms with van der Waals surface area (Å²) in [5.41, 5.74) is -1.87. The average Bonchev–Trinajstić information content (AvgIpc) is 2.90. The highest BCUT2D eigenvalue weighted by molar-refractivity contribution is 5.93. The molecule has 2 fully saturated rings. The van der Waals surface area contributed by atoms with Gasteiger partial charge in [0.25, 0.3) is 0 Å². The number of carbonyl (C=O) groups excluding carboxylic acids is 3. The average molecular weight is 671 g/mol. The van der Waals surface area contributed by atoms with E-state index in [1.807, 2.05) is 83.1 Å². The first-order valence-electron chi connectivity index (χ1n) is 17.8. The number of hydrogen-bond donors (Lipinski definition) is 2. The van der Waals surface area contributed by atoms with Crippen LogP contribution in [-0.4, -0.2) is 75.8 Å². The first-order chi connectivity index (χ1) is 21.7. The molecule has 48 heavy (non-hydrogen) atoms. The van der Waals surface area contributed by atoms with Crippen LogP contribution in [0.25, 0.3) is 0 Å². The van der Waals surface area contributed by atoms with E-state index in [9.17, 15) is 9.59 Å². The van der Waals surface area contributed by atoms with Crippen LogP contribution in [0.1, 0.15) is 135 Å². The molecule has 272 valence electrons. The molecular formula is C39H66N4O5. The highest BCUT2D eigenvalue weighted by atomic mass is 16.6. The van der Waals surface area contributed by atoms with Gasteiger partial charge in [-0.1, -0.05) is 74.4 Å². The number of carbonyl (C=O) groups is 3. The summed E-state index contributed by atoms with van der Waals surface area (Å²) in [7, 11) is 0. The maximum atomic E-state index is 15.2. The summed E-state index contributed by atoms with van der Waals surface area (Å²) in [5, 5.41) is 7.10. The van der Waals surface area contributed by atoms with Gasteiger partial charge < -0.3 is 20.1 Å². The van der Waals surface area contributed by atoms with Gasteiger partial charge in [-0.15, -0.1) is 0 Å². The van der Waals surface area contributed by atoms with E-state index in [4.69, 9.17) is 9.47 Å². The van der Waals surface area contributed by atoms with Crippen LogP contribution in [0, 0.1) is 10.8 Å². The Morgan fingerprint density at radius 2 is 1.17 bits per heavy atom. The molecule has 0 spiro atoms. The minimum atomic E-state index is -1.47. The van der Waals surface area contributed by atoms with Crippen molar-refractivity contribution in [1.82, 2.24) is 15.1 Å². The third-order valence-electron chi connectivity index (χ3n) is 9.43. The van der Waals surface area contributed by atoms with Gasteiger partial charge in [-0.3, -0.25) is 14.6 Å². The second-order valence-corrected chi connectivity index (χ2v) is 19.1. The quantitative estimate of drug-likeness (QED) is 0.333. The summed E-state index contributed by atoms with van der Waals surface area (Å²) in [6.45, 7) is 30.0. The maximum absolute atomic E-state index is 15.2. The van der Waals surface area contributed by atoms with Crippen LogP contribution in [0.3, 0.4) is 0 Å². The lowest BCUT2D eigenvalue weighted by atomic mass is 9.59. The number of rotatable bonds is 4. The van der Waals surface area contributed by atoms with Gasteiger partial charge in [0.2, 0.25) is 5.91 Å². The zero-order valence-corrected chi connectivity index (χ0v) is 32.7. The Labute approximate surface area is 291 Å². The van der Waals surface area contributed by atoms with Crippen molar-refractivity contribution in [3.05, 3.63) is 29.8 Å². The lowest BCUT2D eigenvalue weighted by Crippen LogP contribution is -2.82. The van der Waals surface area contributed by atoms with E-state index in [0.29, 0.717) is 6.04 Å². The van der Waals surface area contributed by atoms with Gasteiger partial charge >= 0.3 is 12.2 Å². The standard InChI is InChI=1S/C39H66N4O5/c1-34(2,3)26-16-18-27(19-17-26)40-28-20-22-29(23-21-28)41-31(44)39(36(7,8)9)30(35(4,5)6)42(32(45)47-37(10,11)12)24-25-43(39)33(46)48-38(13,14)15/h16-19,28-30,40H,20-25H2,1-15H3,(H,41,44). The Balaban J connectivity index is 1.97. The summed E-state index contributed by atoms with van der Waals surface area (Å²) in [5.74, 6) is -0.261. The van der Waals surface area contributed by atoms with Crippen molar-refractivity contribution in [1.29, 1.82) is 0 Å². The van der Waals surface area contributed by atoms with Crippen molar-refractivity contribution in [2.24, 2.45) is 10.8 Å². The Hall–Kier alpha value is -2.97. The second-order valence-electron chi connectivity index (χ2n) is 19.1. The van der Waals surface area contributed by atoms with Crippen molar-refractivity contribution >= 4 is 23.8 Å². The molecule has 9 nitrogen and oxygen atoms in total. The highest BCUT2D eigenvalue weighted by Gasteiger charge is 2.67. The SMILES string of the molecule is CC(C)(C)OC(=O)N1CCN(C(=O)OC(C)(C)C)C(C(=O)NC2CCC(Nc3ccc(C(C)(C)C)cc3)CC2)(C(C)(C)C)C1C(C)(C)C. The molecule has 0 aromatic heterocycles. The molecule has 1 heterocycles. The first kappa shape index (κ1) is 39.5. The molecule has 1 saturated carbocycles. The van der Waals surface area contributed by atoms with E-state index < -0.39 is 45.8 Å². The number of ether oxygens (including phenoxy) is 2. The summed E-state index contributed by atoms with van der Waals surface area (Å²) in [6, 6.07) is 8.19. The van der Waals surface area contributed by atoms with Gasteiger partial charge in [-0.25, -0.2) is 9.59 Å². The molecule has 1 aromatic rings. The number of hydrogen-bond acceptors (Lipinski definition) is 6. The van der Waals surface area contributed by atoms with Crippen LogP contribution in [0.2, 0.25) is 0 Å². The maximum Gasteiger partial charge on any atom is 0.411 e. The number of nitrogens with zero attached hydrogens (tertiary/aromatic N) is 2. The fourth-order valence-electron chi connectivity index (χ4n) is 7.43. The number of benzene rings is 1. The van der Waals surface area contributed by atoms with Crippen molar-refractivity contribution < 1.29 is 23.9 Å². The number of anilines is 1. The lowest BCUT2D eigenvalue weighted by Gasteiger charge is -2.62. The third-order valence-corrected chi connectivity index (χ3v) is 9.43. The molecule has 1 aliphatic heterocycles. The van der Waals surface area contributed by atoms with E-state index in [1.54, 1.807) is 9.80 Å². The largest absolute Gasteiger partial charge is 0.444 e. The van der Waals surface area contributed by atoms with Gasteiger partial charge in [-0.2, -0.15) is 0 Å². The summed E-state index contributed by atoms with van der Waals surface area (Å²) in [4.78, 5) is 46.5. The second kappa shape index (κ2) is 13.7. The molecule has 2 aliphatic rings. The van der Waals surface area contributed by atoms with Crippen molar-refractivity contribution in [2.45, 2.75) is 170 Å². The molecule has 1 aliphatic carbocycles. The fraction of sp³-hybridized carbons (Fsp3) is 0.769. The Morgan fingerprint density at radius 1 is 0.688 bits per heavy atom. The molecule has 0 radical (unpaired) electrons. The molecule has 1 saturated heterocycles. The van der Waals surface area contributed by atoms with Crippen molar-refractivity contribution in [2.75, 3.05) is 18.4 Å². The third kappa shape index (κ3) is 9.17. The van der Waals surface area contributed by atoms with Gasteiger partial charge in [0, 0.05) is 30.9 Å². The van der Waals surface area contributed by atoms with Gasteiger partial charge in [0.1, 0.15) is 11.2 Å². The van der Waals surface area contributed by atoms with Crippen LogP contribution >= 0.6 is 0 Å². The summed E-state index contributed by atoms with van der Waals surface area (Å²) < 4.78 is 11.9. The first-order valence-corrected chi connectivity index (χ1v) is 17.8. The molecule has 2 atom stereocenters. The molecule has 3 rings (SSSR count). The minimum absolute atomic E-state index is 0.0731. The topological polar surface area (TPSA) is 100 Å². The Kier molecular flexibility index (Phi) is 11.3. The van der Waals surface area contributed by atoms with E-state index in [2.05, 4.69) is 55.7 Å². The Morgan fingerprint density at radius 3 is 1.60 bits per heavy atom. The molecule has 1 aromatic carbocycles. The Bertz CT molecular complexity index is 1280. The van der Waals surface area contributed by atoms with Gasteiger partial charge in [0.15, 0.2) is 5.54 Å². The zero-order valence-electron chi connectivity index (χ0n) is 32.7. The smallest absolute Gasteiger partial charge is 0.411 e. The van der Waals surface area contributed by atoms with Gasteiger partial charge in [-0.05, 0) is 101 Å². The number of nitrogens with one attached hydrogen (secondary N) is 2. The molecule has 2 N–H and O–H groups in total. The molecule has 3 amide bonds. The molecule has 9 heteroatoms. The minimum Gasteiger partial charge on any atom is -0.444 e. The van der Waals surface area contributed by atoms with Crippen LogP contribution in [0.5, 0.6) is 0 Å². The monoisotopic (exact) mass is 671 g/mol. The zero-order chi connectivity index (χ0) is 36.7.